The minimum absolute atomic E-state index is 0.175. The molecule has 0 fully saturated rings. The number of hydrogen-bond donors (Lipinski definition) is 2. The summed E-state index contributed by atoms with van der Waals surface area (Å²) in [4.78, 5) is 12.2. The van der Waals surface area contributed by atoms with E-state index in [1.54, 1.807) is 25.1 Å². The van der Waals surface area contributed by atoms with Gasteiger partial charge in [0, 0.05) is 11.3 Å². The van der Waals surface area contributed by atoms with Crippen molar-refractivity contribution in [3.8, 4) is 0 Å². The van der Waals surface area contributed by atoms with Gasteiger partial charge in [-0.3, -0.25) is 4.79 Å². The number of carbonyl (C=O) groups excluding carboxylic acids is 1. The second kappa shape index (κ2) is 5.74. The van der Waals surface area contributed by atoms with Gasteiger partial charge in [0.2, 0.25) is 0 Å². The summed E-state index contributed by atoms with van der Waals surface area (Å²) in [6.07, 6.45) is 0. The molecule has 0 aliphatic carbocycles. The highest BCUT2D eigenvalue weighted by atomic mass is 19.1. The molecule has 1 unspecified atom stereocenters. The lowest BCUT2D eigenvalue weighted by atomic mass is 10.1. The third kappa shape index (κ3) is 3.15. The van der Waals surface area contributed by atoms with Crippen molar-refractivity contribution in [2.75, 3.05) is 5.73 Å². The van der Waals surface area contributed by atoms with Gasteiger partial charge < -0.3 is 11.1 Å². The molecule has 0 heterocycles. The van der Waals surface area contributed by atoms with E-state index in [1.165, 1.54) is 12.1 Å². The third-order valence-electron chi connectivity index (χ3n) is 3.23. The predicted molar refractivity (Wildman–Crippen MR) is 77.9 cm³/mol. The number of carbonyl (C=O) groups is 1. The first-order valence-corrected chi connectivity index (χ1v) is 6.40. The van der Waals surface area contributed by atoms with E-state index in [0.717, 1.165) is 11.1 Å². The number of nitrogen functional groups attached to an aromatic ring is 1. The van der Waals surface area contributed by atoms with Gasteiger partial charge in [-0.15, -0.1) is 0 Å². The molecule has 0 aliphatic rings. The Labute approximate surface area is 117 Å². The molecule has 0 aromatic heterocycles. The molecule has 0 saturated carbocycles. The number of aryl methyl sites for hydroxylation is 1. The van der Waals surface area contributed by atoms with E-state index < -0.39 is 5.82 Å². The summed E-state index contributed by atoms with van der Waals surface area (Å²) < 4.78 is 13.2. The standard InChI is InChI=1S/C16H17FN2O/c1-10-3-6-13(17)9-15(10)16(20)19-11(2)12-4-7-14(18)8-5-12/h3-9,11H,18H2,1-2H3,(H,19,20). The summed E-state index contributed by atoms with van der Waals surface area (Å²) in [5.74, 6) is -0.702. The molecule has 0 saturated heterocycles. The number of nitrogens with two attached hydrogens (primary N) is 1. The predicted octanol–water partition coefficient (Wildman–Crippen LogP) is 3.21. The quantitative estimate of drug-likeness (QED) is 0.843. The maximum absolute atomic E-state index is 13.2. The zero-order chi connectivity index (χ0) is 14.7. The van der Waals surface area contributed by atoms with Gasteiger partial charge in [0.25, 0.3) is 5.91 Å². The van der Waals surface area contributed by atoms with Crippen LogP contribution >= 0.6 is 0 Å². The lowest BCUT2D eigenvalue weighted by molar-refractivity contribution is 0.0939. The Bertz CT molecular complexity index is 623. The topological polar surface area (TPSA) is 55.1 Å². The number of amides is 1. The summed E-state index contributed by atoms with van der Waals surface area (Å²) in [5.41, 5.74) is 8.34. The first-order valence-electron chi connectivity index (χ1n) is 6.40. The SMILES string of the molecule is Cc1ccc(F)cc1C(=O)NC(C)c1ccc(N)cc1. The van der Waals surface area contributed by atoms with Gasteiger partial charge in [-0.25, -0.2) is 4.39 Å². The van der Waals surface area contributed by atoms with Crippen LogP contribution in [0.25, 0.3) is 0 Å². The van der Waals surface area contributed by atoms with Crippen molar-refractivity contribution in [1.82, 2.24) is 5.32 Å². The molecule has 0 aliphatic heterocycles. The van der Waals surface area contributed by atoms with Crippen LogP contribution in [0.1, 0.15) is 34.5 Å². The highest BCUT2D eigenvalue weighted by molar-refractivity contribution is 5.95. The highest BCUT2D eigenvalue weighted by Crippen LogP contribution is 2.16. The second-order valence-electron chi connectivity index (χ2n) is 4.82. The molecule has 3 N–H and O–H groups in total. The Morgan fingerprint density at radius 3 is 2.50 bits per heavy atom. The smallest absolute Gasteiger partial charge is 0.252 e. The Morgan fingerprint density at radius 2 is 1.85 bits per heavy atom. The van der Waals surface area contributed by atoms with E-state index in [2.05, 4.69) is 5.32 Å². The lowest BCUT2D eigenvalue weighted by Gasteiger charge is -2.15. The van der Waals surface area contributed by atoms with Crippen LogP contribution in [0, 0.1) is 12.7 Å². The molecule has 2 aromatic carbocycles. The summed E-state index contributed by atoms with van der Waals surface area (Å²) in [7, 11) is 0. The van der Waals surface area contributed by atoms with Gasteiger partial charge in [0.15, 0.2) is 0 Å². The summed E-state index contributed by atoms with van der Waals surface area (Å²) in [6, 6.07) is 11.3. The molecule has 3 nitrogen and oxygen atoms in total. The van der Waals surface area contributed by atoms with Gasteiger partial charge in [-0.05, 0) is 49.2 Å². The fraction of sp³-hybridized carbons (Fsp3) is 0.188. The Morgan fingerprint density at radius 1 is 1.20 bits per heavy atom. The minimum Gasteiger partial charge on any atom is -0.399 e. The normalized spacial score (nSPS) is 11.9. The Kier molecular flexibility index (Phi) is 4.03. The van der Waals surface area contributed by atoms with Crippen LogP contribution in [0.4, 0.5) is 10.1 Å². The maximum Gasteiger partial charge on any atom is 0.252 e. The molecule has 1 atom stereocenters. The van der Waals surface area contributed by atoms with Crippen molar-refractivity contribution in [3.05, 3.63) is 65.0 Å². The van der Waals surface area contributed by atoms with Crippen LogP contribution in [0.2, 0.25) is 0 Å². The van der Waals surface area contributed by atoms with E-state index in [0.29, 0.717) is 11.3 Å². The molecule has 20 heavy (non-hydrogen) atoms. The van der Waals surface area contributed by atoms with E-state index in [-0.39, 0.29) is 11.9 Å². The largest absolute Gasteiger partial charge is 0.399 e. The number of halogens is 1. The number of nitrogens with one attached hydrogen (secondary N) is 1. The molecule has 2 aromatic rings. The minimum atomic E-state index is -0.416. The van der Waals surface area contributed by atoms with Crippen LogP contribution in [0.5, 0.6) is 0 Å². The Hall–Kier alpha value is -2.36. The van der Waals surface area contributed by atoms with Crippen LogP contribution < -0.4 is 11.1 Å². The third-order valence-corrected chi connectivity index (χ3v) is 3.23. The van der Waals surface area contributed by atoms with Crippen molar-refractivity contribution in [1.29, 1.82) is 0 Å². The van der Waals surface area contributed by atoms with Crippen molar-refractivity contribution >= 4 is 11.6 Å². The summed E-state index contributed by atoms with van der Waals surface area (Å²) >= 11 is 0. The van der Waals surface area contributed by atoms with Gasteiger partial charge >= 0.3 is 0 Å². The van der Waals surface area contributed by atoms with E-state index >= 15 is 0 Å². The molecular formula is C16H17FN2O. The fourth-order valence-corrected chi connectivity index (χ4v) is 1.98. The average molecular weight is 272 g/mol. The van der Waals surface area contributed by atoms with Crippen LogP contribution in [-0.2, 0) is 0 Å². The van der Waals surface area contributed by atoms with Crippen molar-refractivity contribution < 1.29 is 9.18 Å². The van der Waals surface area contributed by atoms with Crippen molar-refractivity contribution in [2.45, 2.75) is 19.9 Å². The number of anilines is 1. The zero-order valence-corrected chi connectivity index (χ0v) is 11.5. The monoisotopic (exact) mass is 272 g/mol. The molecule has 0 radical (unpaired) electrons. The summed E-state index contributed by atoms with van der Waals surface area (Å²) in [5, 5.41) is 2.85. The fourth-order valence-electron chi connectivity index (χ4n) is 1.98. The first kappa shape index (κ1) is 14.1. The zero-order valence-electron chi connectivity index (χ0n) is 11.5. The lowest BCUT2D eigenvalue weighted by Crippen LogP contribution is -2.27. The molecular weight excluding hydrogens is 255 g/mol. The molecule has 0 spiro atoms. The van der Waals surface area contributed by atoms with Crippen molar-refractivity contribution in [2.24, 2.45) is 0 Å². The molecule has 104 valence electrons. The number of hydrogen-bond acceptors (Lipinski definition) is 2. The maximum atomic E-state index is 13.2. The molecule has 4 heteroatoms. The highest BCUT2D eigenvalue weighted by Gasteiger charge is 2.14. The Balaban J connectivity index is 2.15. The first-order chi connectivity index (χ1) is 9.47. The molecule has 1 amide bonds. The molecule has 0 bridgehead atoms. The van der Waals surface area contributed by atoms with Gasteiger partial charge in [-0.1, -0.05) is 18.2 Å². The van der Waals surface area contributed by atoms with Gasteiger partial charge in [0.1, 0.15) is 5.82 Å². The number of rotatable bonds is 3. The van der Waals surface area contributed by atoms with E-state index in [1.807, 2.05) is 19.1 Å². The van der Waals surface area contributed by atoms with Crippen LogP contribution in [0.3, 0.4) is 0 Å². The van der Waals surface area contributed by atoms with Gasteiger partial charge in [0.05, 0.1) is 6.04 Å². The van der Waals surface area contributed by atoms with Crippen LogP contribution in [-0.4, -0.2) is 5.91 Å². The van der Waals surface area contributed by atoms with Crippen molar-refractivity contribution in [3.63, 3.8) is 0 Å². The second-order valence-corrected chi connectivity index (χ2v) is 4.82. The van der Waals surface area contributed by atoms with E-state index in [9.17, 15) is 9.18 Å². The average Bonchev–Trinajstić information content (AvgIpc) is 2.42. The van der Waals surface area contributed by atoms with Gasteiger partial charge in [-0.2, -0.15) is 0 Å². The molecule has 2 rings (SSSR count). The van der Waals surface area contributed by atoms with E-state index in [4.69, 9.17) is 5.73 Å². The summed E-state index contributed by atoms with van der Waals surface area (Å²) in [6.45, 7) is 3.65. The number of benzene rings is 2. The van der Waals surface area contributed by atoms with Crippen LogP contribution in [0.15, 0.2) is 42.5 Å².